The third-order valence-corrected chi connectivity index (χ3v) is 3.87. The van der Waals surface area contributed by atoms with E-state index < -0.39 is 5.97 Å². The minimum Gasteiger partial charge on any atom is -0.493 e. The highest BCUT2D eigenvalue weighted by molar-refractivity contribution is 9.10. The second kappa shape index (κ2) is 9.03. The number of ketones is 1. The molecule has 0 aliphatic rings. The van der Waals surface area contributed by atoms with Crippen molar-refractivity contribution in [2.24, 2.45) is 0 Å². The van der Waals surface area contributed by atoms with E-state index in [0.29, 0.717) is 22.6 Å². The van der Waals surface area contributed by atoms with Gasteiger partial charge in [-0.15, -0.1) is 0 Å². The van der Waals surface area contributed by atoms with Gasteiger partial charge in [-0.3, -0.25) is 4.79 Å². The monoisotopic (exact) mass is 404 g/mol. The van der Waals surface area contributed by atoms with E-state index in [2.05, 4.69) is 15.9 Å². The number of carbonyl (C=O) groups is 2. The van der Waals surface area contributed by atoms with Crippen LogP contribution in [-0.4, -0.2) is 32.6 Å². The van der Waals surface area contributed by atoms with Crippen molar-refractivity contribution in [2.75, 3.05) is 20.8 Å². The molecular formula is C19H17BrO5. The normalized spacial score (nSPS) is 10.5. The van der Waals surface area contributed by atoms with Crippen LogP contribution < -0.4 is 9.47 Å². The standard InChI is InChI=1S/C19H17BrO5/c1-23-17-5-3-4-14(19(17)24-2)8-11-18(22)25-12-16(21)13-6-9-15(20)10-7-13/h3-11H,12H2,1-2H3/b11-8+. The molecule has 2 aromatic rings. The number of benzene rings is 2. The van der Waals surface area contributed by atoms with Gasteiger partial charge in [0.25, 0.3) is 0 Å². The molecule has 0 aliphatic carbocycles. The van der Waals surface area contributed by atoms with Crippen LogP contribution in [0.4, 0.5) is 0 Å². The molecule has 0 aliphatic heterocycles. The maximum atomic E-state index is 12.0. The number of hydrogen-bond donors (Lipinski definition) is 0. The van der Waals surface area contributed by atoms with E-state index in [1.54, 1.807) is 48.5 Å². The molecule has 0 aromatic heterocycles. The van der Waals surface area contributed by atoms with Gasteiger partial charge >= 0.3 is 5.97 Å². The topological polar surface area (TPSA) is 61.8 Å². The maximum Gasteiger partial charge on any atom is 0.331 e. The summed E-state index contributed by atoms with van der Waals surface area (Å²) in [5.74, 6) is 0.187. The van der Waals surface area contributed by atoms with Crippen molar-refractivity contribution in [1.29, 1.82) is 0 Å². The fourth-order valence-electron chi connectivity index (χ4n) is 2.10. The summed E-state index contributed by atoms with van der Waals surface area (Å²) in [6.45, 7) is -0.319. The molecule has 6 heteroatoms. The Morgan fingerprint density at radius 2 is 1.76 bits per heavy atom. The number of Topliss-reactive ketones (excluding diaryl/α,β-unsaturated/α-hetero) is 1. The van der Waals surface area contributed by atoms with Crippen molar-refractivity contribution in [3.05, 3.63) is 64.1 Å². The molecule has 2 aromatic carbocycles. The van der Waals surface area contributed by atoms with Crippen molar-refractivity contribution in [2.45, 2.75) is 0 Å². The lowest BCUT2D eigenvalue weighted by Crippen LogP contribution is -2.12. The van der Waals surface area contributed by atoms with E-state index in [1.165, 1.54) is 20.3 Å². The number of halogens is 1. The van der Waals surface area contributed by atoms with E-state index in [-0.39, 0.29) is 12.4 Å². The van der Waals surface area contributed by atoms with E-state index in [9.17, 15) is 9.59 Å². The Bertz CT molecular complexity index is 781. The zero-order valence-corrected chi connectivity index (χ0v) is 15.4. The minimum absolute atomic E-state index is 0.270. The molecule has 2 rings (SSSR count). The molecule has 0 unspecified atom stereocenters. The number of para-hydroxylation sites is 1. The predicted molar refractivity (Wildman–Crippen MR) is 98.0 cm³/mol. The molecule has 0 amide bonds. The van der Waals surface area contributed by atoms with Crippen LogP contribution in [0.1, 0.15) is 15.9 Å². The van der Waals surface area contributed by atoms with E-state index in [4.69, 9.17) is 14.2 Å². The Kier molecular flexibility index (Phi) is 6.77. The van der Waals surface area contributed by atoms with Crippen LogP contribution in [0.15, 0.2) is 53.0 Å². The van der Waals surface area contributed by atoms with Crippen LogP contribution >= 0.6 is 15.9 Å². The molecule has 0 fully saturated rings. The second-order valence-electron chi connectivity index (χ2n) is 4.95. The molecular weight excluding hydrogens is 388 g/mol. The summed E-state index contributed by atoms with van der Waals surface area (Å²) in [6.07, 6.45) is 2.79. The summed E-state index contributed by atoms with van der Waals surface area (Å²) >= 11 is 3.30. The lowest BCUT2D eigenvalue weighted by atomic mass is 10.1. The molecule has 5 nitrogen and oxygen atoms in total. The van der Waals surface area contributed by atoms with Gasteiger partial charge < -0.3 is 14.2 Å². The number of carbonyl (C=O) groups excluding carboxylic acids is 2. The Labute approximate surface area is 154 Å². The van der Waals surface area contributed by atoms with Crippen LogP contribution in [0.5, 0.6) is 11.5 Å². The Hall–Kier alpha value is -2.60. The fraction of sp³-hybridized carbons (Fsp3) is 0.158. The van der Waals surface area contributed by atoms with Gasteiger partial charge in [0.1, 0.15) is 0 Å². The van der Waals surface area contributed by atoms with Gasteiger partial charge in [0.05, 0.1) is 14.2 Å². The zero-order valence-electron chi connectivity index (χ0n) is 13.8. The van der Waals surface area contributed by atoms with Crippen LogP contribution in [0.3, 0.4) is 0 Å². The largest absolute Gasteiger partial charge is 0.493 e. The lowest BCUT2D eigenvalue weighted by molar-refractivity contribution is -0.136. The third kappa shape index (κ3) is 5.19. The summed E-state index contributed by atoms with van der Waals surface area (Å²) in [5, 5.41) is 0. The van der Waals surface area contributed by atoms with Gasteiger partial charge in [-0.1, -0.05) is 40.2 Å². The van der Waals surface area contributed by atoms with E-state index >= 15 is 0 Å². The first-order valence-electron chi connectivity index (χ1n) is 7.39. The molecule has 130 valence electrons. The summed E-state index contributed by atoms with van der Waals surface area (Å²) in [6, 6.07) is 12.1. The van der Waals surface area contributed by atoms with Gasteiger partial charge in [-0.2, -0.15) is 0 Å². The molecule has 0 saturated heterocycles. The van der Waals surface area contributed by atoms with Crippen molar-refractivity contribution in [1.82, 2.24) is 0 Å². The number of rotatable bonds is 7. The highest BCUT2D eigenvalue weighted by atomic mass is 79.9. The predicted octanol–water partition coefficient (Wildman–Crippen LogP) is 3.91. The second-order valence-corrected chi connectivity index (χ2v) is 5.87. The molecule has 0 bridgehead atoms. The van der Waals surface area contributed by atoms with Crippen LogP contribution in [0.2, 0.25) is 0 Å². The average molecular weight is 405 g/mol. The third-order valence-electron chi connectivity index (χ3n) is 3.34. The molecule has 0 radical (unpaired) electrons. The first-order valence-corrected chi connectivity index (χ1v) is 8.19. The minimum atomic E-state index is -0.615. The smallest absolute Gasteiger partial charge is 0.331 e. The highest BCUT2D eigenvalue weighted by Gasteiger charge is 2.10. The Morgan fingerprint density at radius 1 is 1.04 bits per heavy atom. The average Bonchev–Trinajstić information content (AvgIpc) is 2.64. The first-order chi connectivity index (χ1) is 12.0. The van der Waals surface area contributed by atoms with Crippen molar-refractivity contribution >= 4 is 33.8 Å². The van der Waals surface area contributed by atoms with Crippen LogP contribution in [0.25, 0.3) is 6.08 Å². The number of ether oxygens (including phenoxy) is 3. The summed E-state index contributed by atoms with van der Waals surface area (Å²) in [5.41, 5.74) is 1.15. The first kappa shape index (κ1) is 18.7. The zero-order chi connectivity index (χ0) is 18.2. The molecule has 0 spiro atoms. The highest BCUT2D eigenvalue weighted by Crippen LogP contribution is 2.31. The van der Waals surface area contributed by atoms with Gasteiger partial charge in [-0.05, 0) is 24.3 Å². The number of methoxy groups -OCH3 is 2. The Balaban J connectivity index is 1.97. The summed E-state index contributed by atoms with van der Waals surface area (Å²) in [7, 11) is 3.05. The van der Waals surface area contributed by atoms with E-state index in [1.807, 2.05) is 0 Å². The van der Waals surface area contributed by atoms with Crippen LogP contribution in [0, 0.1) is 0 Å². The number of esters is 1. The summed E-state index contributed by atoms with van der Waals surface area (Å²) < 4.78 is 16.3. The van der Waals surface area contributed by atoms with Gasteiger partial charge in [-0.25, -0.2) is 4.79 Å². The van der Waals surface area contributed by atoms with E-state index in [0.717, 1.165) is 4.47 Å². The fourth-order valence-corrected chi connectivity index (χ4v) is 2.37. The van der Waals surface area contributed by atoms with Gasteiger partial charge in [0.15, 0.2) is 23.9 Å². The van der Waals surface area contributed by atoms with Gasteiger partial charge in [0, 0.05) is 21.7 Å². The van der Waals surface area contributed by atoms with Crippen molar-refractivity contribution in [3.63, 3.8) is 0 Å². The Morgan fingerprint density at radius 3 is 2.40 bits per heavy atom. The summed E-state index contributed by atoms with van der Waals surface area (Å²) in [4.78, 5) is 23.8. The number of hydrogen-bond acceptors (Lipinski definition) is 5. The quantitative estimate of drug-likeness (QED) is 0.397. The molecule has 0 heterocycles. The molecule has 0 N–H and O–H groups in total. The van der Waals surface area contributed by atoms with Crippen molar-refractivity contribution in [3.8, 4) is 11.5 Å². The van der Waals surface area contributed by atoms with Gasteiger partial charge in [0.2, 0.25) is 0 Å². The SMILES string of the molecule is COc1cccc(/C=C/C(=O)OCC(=O)c2ccc(Br)cc2)c1OC. The lowest BCUT2D eigenvalue weighted by Gasteiger charge is -2.09. The maximum absolute atomic E-state index is 12.0. The molecule has 0 atom stereocenters. The molecule has 25 heavy (non-hydrogen) atoms. The van der Waals surface area contributed by atoms with Crippen molar-refractivity contribution < 1.29 is 23.8 Å². The molecule has 0 saturated carbocycles. The van der Waals surface area contributed by atoms with Crippen LogP contribution in [-0.2, 0) is 9.53 Å².